The summed E-state index contributed by atoms with van der Waals surface area (Å²) in [4.78, 5) is 14.8. The van der Waals surface area contributed by atoms with E-state index in [0.29, 0.717) is 32.6 Å². The van der Waals surface area contributed by atoms with Gasteiger partial charge in [0.2, 0.25) is 5.91 Å². The maximum absolute atomic E-state index is 12.5. The van der Waals surface area contributed by atoms with E-state index in [0.717, 1.165) is 13.1 Å². The molecule has 0 bridgehead atoms. The van der Waals surface area contributed by atoms with Crippen LogP contribution in [-0.2, 0) is 9.53 Å². The number of thiophene rings is 1. The van der Waals surface area contributed by atoms with Gasteiger partial charge in [0.05, 0.1) is 11.6 Å². The third-order valence-corrected chi connectivity index (χ3v) is 5.18. The van der Waals surface area contributed by atoms with Crippen molar-refractivity contribution in [3.63, 3.8) is 0 Å². The lowest BCUT2D eigenvalue weighted by atomic mass is 9.90. The first-order chi connectivity index (χ1) is 10.6. The van der Waals surface area contributed by atoms with Crippen molar-refractivity contribution in [1.82, 2.24) is 10.2 Å². The van der Waals surface area contributed by atoms with Crippen LogP contribution in [0.5, 0.6) is 0 Å². The Bertz CT molecular complexity index is 464. The van der Waals surface area contributed by atoms with Crippen LogP contribution in [0.4, 0.5) is 0 Å². The minimum absolute atomic E-state index is 0. The van der Waals surface area contributed by atoms with Crippen molar-refractivity contribution < 1.29 is 9.53 Å². The number of hydrogen-bond acceptors (Lipinski definition) is 5. The lowest BCUT2D eigenvalue weighted by Crippen LogP contribution is -2.57. The van der Waals surface area contributed by atoms with Crippen LogP contribution in [-0.4, -0.2) is 49.2 Å². The highest BCUT2D eigenvalue weighted by Crippen LogP contribution is 2.23. The molecule has 1 aromatic rings. The molecule has 2 heterocycles. The molecule has 1 amide bonds. The molecule has 1 atom stereocenters. The number of halogens is 2. The smallest absolute Gasteiger partial charge is 0.240 e. The van der Waals surface area contributed by atoms with Crippen LogP contribution in [0.15, 0.2) is 16.8 Å². The van der Waals surface area contributed by atoms with E-state index in [-0.39, 0.29) is 36.8 Å². The van der Waals surface area contributed by atoms with E-state index in [2.05, 4.69) is 40.9 Å². The predicted molar refractivity (Wildman–Crippen MR) is 104 cm³/mol. The van der Waals surface area contributed by atoms with Gasteiger partial charge in [0.15, 0.2) is 0 Å². The lowest BCUT2D eigenvalue weighted by molar-refractivity contribution is -0.130. The summed E-state index contributed by atoms with van der Waals surface area (Å²) in [6.07, 6.45) is 1.18. The summed E-state index contributed by atoms with van der Waals surface area (Å²) in [5.74, 6) is -0.0526. The molecule has 0 aliphatic carbocycles. The van der Waals surface area contributed by atoms with Crippen molar-refractivity contribution in [1.29, 1.82) is 0 Å². The number of nitrogens with one attached hydrogen (secondary N) is 1. The van der Waals surface area contributed by atoms with Gasteiger partial charge < -0.3 is 15.8 Å². The summed E-state index contributed by atoms with van der Waals surface area (Å²) < 4.78 is 5.31. The van der Waals surface area contributed by atoms with E-state index < -0.39 is 5.54 Å². The second-order valence-corrected chi connectivity index (χ2v) is 6.55. The predicted octanol–water partition coefficient (Wildman–Crippen LogP) is 2.60. The number of carbonyl (C=O) groups is 1. The van der Waals surface area contributed by atoms with Gasteiger partial charge in [0.25, 0.3) is 0 Å². The van der Waals surface area contributed by atoms with Gasteiger partial charge in [-0.25, -0.2) is 0 Å². The van der Waals surface area contributed by atoms with Gasteiger partial charge >= 0.3 is 0 Å². The molecule has 0 saturated carbocycles. The maximum Gasteiger partial charge on any atom is 0.240 e. The molecule has 1 aromatic heterocycles. The fourth-order valence-corrected chi connectivity index (χ4v) is 3.62. The molecule has 140 valence electrons. The average Bonchev–Trinajstić information content (AvgIpc) is 3.06. The zero-order valence-corrected chi connectivity index (χ0v) is 16.8. The van der Waals surface area contributed by atoms with Crippen molar-refractivity contribution in [3.05, 3.63) is 22.4 Å². The van der Waals surface area contributed by atoms with Gasteiger partial charge in [-0.2, -0.15) is 11.3 Å². The van der Waals surface area contributed by atoms with Gasteiger partial charge in [-0.3, -0.25) is 9.69 Å². The van der Waals surface area contributed by atoms with Crippen LogP contribution in [0.3, 0.4) is 0 Å². The normalized spacial score (nSPS) is 17.5. The molecule has 24 heavy (non-hydrogen) atoms. The average molecular weight is 398 g/mol. The molecule has 2 rings (SSSR count). The summed E-state index contributed by atoms with van der Waals surface area (Å²) >= 11 is 1.69. The number of nitrogens with zero attached hydrogens (tertiary/aromatic N) is 1. The first-order valence-electron chi connectivity index (χ1n) is 8.01. The third kappa shape index (κ3) is 5.86. The third-order valence-electron chi connectivity index (χ3n) is 4.47. The van der Waals surface area contributed by atoms with Gasteiger partial charge in [-0.05, 0) is 48.3 Å². The molecule has 5 nitrogen and oxygen atoms in total. The van der Waals surface area contributed by atoms with Gasteiger partial charge in [0, 0.05) is 19.8 Å². The Labute approximate surface area is 161 Å². The topological polar surface area (TPSA) is 67.6 Å². The van der Waals surface area contributed by atoms with Crippen LogP contribution < -0.4 is 11.1 Å². The van der Waals surface area contributed by atoms with E-state index >= 15 is 0 Å². The van der Waals surface area contributed by atoms with Gasteiger partial charge in [-0.15, -0.1) is 24.8 Å². The number of amides is 1. The molecule has 1 aliphatic rings. The molecule has 8 heteroatoms. The highest BCUT2D eigenvalue weighted by atomic mass is 35.5. The Hall–Kier alpha value is -0.370. The SMILES string of the molecule is CCN(CC)C(CNC(=O)C1(N)CCOCC1)c1ccsc1.Cl.Cl. The van der Waals surface area contributed by atoms with E-state index in [1.54, 1.807) is 11.3 Å². The number of ether oxygens (including phenoxy) is 1. The molecule has 1 fully saturated rings. The second-order valence-electron chi connectivity index (χ2n) is 5.77. The maximum atomic E-state index is 12.5. The molecule has 1 aliphatic heterocycles. The summed E-state index contributed by atoms with van der Waals surface area (Å²) in [5.41, 5.74) is 6.72. The fraction of sp³-hybridized carbons (Fsp3) is 0.688. The minimum atomic E-state index is -0.777. The van der Waals surface area contributed by atoms with Crippen LogP contribution in [0.25, 0.3) is 0 Å². The molecule has 3 N–H and O–H groups in total. The standard InChI is InChI=1S/C16H27N3O2S.2ClH/c1-3-19(4-2)14(13-5-10-22-12-13)11-18-15(20)16(17)6-8-21-9-7-16;;/h5,10,12,14H,3-4,6-9,11,17H2,1-2H3,(H,18,20);2*1H. The molecular weight excluding hydrogens is 369 g/mol. The minimum Gasteiger partial charge on any atom is -0.381 e. The van der Waals surface area contributed by atoms with Crippen LogP contribution in [0, 0.1) is 0 Å². The number of rotatable bonds is 7. The second kappa shape index (κ2) is 11.3. The number of likely N-dealkylation sites (N-methyl/N-ethyl adjacent to an activating group) is 1. The van der Waals surface area contributed by atoms with Gasteiger partial charge in [-0.1, -0.05) is 13.8 Å². The van der Waals surface area contributed by atoms with Crippen molar-refractivity contribution >= 4 is 42.1 Å². The largest absolute Gasteiger partial charge is 0.381 e. The Morgan fingerprint density at radius 1 is 1.38 bits per heavy atom. The van der Waals surface area contributed by atoms with E-state index in [1.807, 2.05) is 0 Å². The number of carbonyl (C=O) groups excluding carboxylic acids is 1. The van der Waals surface area contributed by atoms with Crippen molar-refractivity contribution in [2.24, 2.45) is 5.73 Å². The molecule has 0 spiro atoms. The van der Waals surface area contributed by atoms with E-state index in [9.17, 15) is 4.79 Å². The first kappa shape index (κ1) is 23.6. The number of nitrogens with two attached hydrogens (primary N) is 1. The molecule has 0 aromatic carbocycles. The summed E-state index contributed by atoms with van der Waals surface area (Å²) in [7, 11) is 0. The molecular formula is C16H29Cl2N3O2S. The fourth-order valence-electron chi connectivity index (χ4n) is 2.91. The van der Waals surface area contributed by atoms with Gasteiger partial charge in [0.1, 0.15) is 0 Å². The van der Waals surface area contributed by atoms with E-state index in [1.165, 1.54) is 5.56 Å². The molecule has 0 radical (unpaired) electrons. The van der Waals surface area contributed by atoms with Crippen LogP contribution >= 0.6 is 36.2 Å². The van der Waals surface area contributed by atoms with Crippen LogP contribution in [0.1, 0.15) is 38.3 Å². The highest BCUT2D eigenvalue weighted by Gasteiger charge is 2.36. The number of hydrogen-bond donors (Lipinski definition) is 2. The Morgan fingerprint density at radius 3 is 2.50 bits per heavy atom. The Morgan fingerprint density at radius 2 is 2.00 bits per heavy atom. The van der Waals surface area contributed by atoms with Crippen molar-refractivity contribution in [2.45, 2.75) is 38.3 Å². The summed E-state index contributed by atoms with van der Waals surface area (Å²) in [6, 6.07) is 2.33. The molecule has 1 saturated heterocycles. The monoisotopic (exact) mass is 397 g/mol. The van der Waals surface area contributed by atoms with Crippen LogP contribution in [0.2, 0.25) is 0 Å². The Kier molecular flexibility index (Phi) is 11.1. The summed E-state index contributed by atoms with van der Waals surface area (Å²) in [5, 5.41) is 7.31. The lowest BCUT2D eigenvalue weighted by Gasteiger charge is -2.34. The van der Waals surface area contributed by atoms with Crippen molar-refractivity contribution in [2.75, 3.05) is 32.8 Å². The molecule has 1 unspecified atom stereocenters. The zero-order chi connectivity index (χ0) is 16.0. The van der Waals surface area contributed by atoms with Crippen molar-refractivity contribution in [3.8, 4) is 0 Å². The summed E-state index contributed by atoms with van der Waals surface area (Å²) in [6.45, 7) is 7.92. The highest BCUT2D eigenvalue weighted by molar-refractivity contribution is 7.07. The van der Waals surface area contributed by atoms with E-state index in [4.69, 9.17) is 10.5 Å². The first-order valence-corrected chi connectivity index (χ1v) is 8.96. The quantitative estimate of drug-likeness (QED) is 0.741. The zero-order valence-electron chi connectivity index (χ0n) is 14.3. The Balaban J connectivity index is 0.00000264.